The fourth-order valence-corrected chi connectivity index (χ4v) is 3.31. The molecule has 6 nitrogen and oxygen atoms in total. The third-order valence-electron chi connectivity index (χ3n) is 4.73. The van der Waals surface area contributed by atoms with Gasteiger partial charge in [0.1, 0.15) is 0 Å². The summed E-state index contributed by atoms with van der Waals surface area (Å²) in [5.74, 6) is -1.36. The molecule has 0 radical (unpaired) electrons. The van der Waals surface area contributed by atoms with Crippen molar-refractivity contribution in [1.82, 2.24) is 19.0 Å². The Morgan fingerprint density at radius 3 is 2.68 bits per heavy atom. The number of nitrogens with zero attached hydrogens (tertiary/aromatic N) is 4. The van der Waals surface area contributed by atoms with E-state index in [2.05, 4.69) is 4.98 Å². The van der Waals surface area contributed by atoms with E-state index >= 15 is 0 Å². The van der Waals surface area contributed by atoms with Crippen molar-refractivity contribution in [2.75, 3.05) is 6.54 Å². The SMILES string of the molecule is C[C@H]1c2cccn2CCN1C(=O)C[C@@](O)(c1nccn1C)C(F)(F)F. The first-order valence-electron chi connectivity index (χ1n) is 7.86. The van der Waals surface area contributed by atoms with Crippen LogP contribution >= 0.6 is 0 Å². The number of aryl methyl sites for hydroxylation is 1. The van der Waals surface area contributed by atoms with E-state index in [9.17, 15) is 23.1 Å². The number of hydrogen-bond donors (Lipinski definition) is 1. The Morgan fingerprint density at radius 1 is 1.36 bits per heavy atom. The zero-order valence-corrected chi connectivity index (χ0v) is 13.9. The Kier molecular flexibility index (Phi) is 4.14. The van der Waals surface area contributed by atoms with Crippen LogP contribution in [0.15, 0.2) is 30.7 Å². The minimum absolute atomic E-state index is 0.288. The lowest BCUT2D eigenvalue weighted by Crippen LogP contribution is -2.50. The van der Waals surface area contributed by atoms with Gasteiger partial charge in [-0.2, -0.15) is 13.2 Å². The molecule has 2 aromatic heterocycles. The quantitative estimate of drug-likeness (QED) is 0.915. The first-order chi connectivity index (χ1) is 11.6. The van der Waals surface area contributed by atoms with Crippen molar-refractivity contribution >= 4 is 5.91 Å². The number of hydrogen-bond acceptors (Lipinski definition) is 3. The van der Waals surface area contributed by atoms with Gasteiger partial charge in [-0.15, -0.1) is 0 Å². The van der Waals surface area contributed by atoms with E-state index < -0.39 is 29.9 Å². The van der Waals surface area contributed by atoms with Crippen LogP contribution in [0.3, 0.4) is 0 Å². The van der Waals surface area contributed by atoms with Gasteiger partial charge in [0, 0.05) is 44.4 Å². The van der Waals surface area contributed by atoms with Crippen molar-refractivity contribution in [3.05, 3.63) is 42.2 Å². The maximum absolute atomic E-state index is 13.6. The molecule has 9 heteroatoms. The standard InChI is InChI=1S/C16H19F3N4O2/c1-11-12-4-3-6-22(12)8-9-23(11)13(24)10-15(25,16(17,18)19)14-20-5-7-21(14)2/h3-7,11,25H,8-10H2,1-2H3/t11-,15+/m0/s1. The molecule has 3 rings (SSSR count). The summed E-state index contributed by atoms with van der Waals surface area (Å²) in [7, 11) is 1.35. The summed E-state index contributed by atoms with van der Waals surface area (Å²) in [5.41, 5.74) is -2.48. The van der Waals surface area contributed by atoms with Gasteiger partial charge in [-0.1, -0.05) is 0 Å². The molecule has 136 valence electrons. The fraction of sp³-hybridized carbons (Fsp3) is 0.500. The van der Waals surface area contributed by atoms with Crippen LogP contribution in [0.2, 0.25) is 0 Å². The van der Waals surface area contributed by atoms with Crippen molar-refractivity contribution in [1.29, 1.82) is 0 Å². The topological polar surface area (TPSA) is 63.3 Å². The third-order valence-corrected chi connectivity index (χ3v) is 4.73. The third kappa shape index (κ3) is 2.82. The van der Waals surface area contributed by atoms with E-state index in [1.165, 1.54) is 18.1 Å². The zero-order chi connectivity index (χ0) is 18.4. The first-order valence-corrected chi connectivity index (χ1v) is 7.86. The molecular formula is C16H19F3N4O2. The summed E-state index contributed by atoms with van der Waals surface area (Å²) < 4.78 is 43.8. The molecule has 1 N–H and O–H groups in total. The molecule has 1 aliphatic rings. The lowest BCUT2D eigenvalue weighted by molar-refractivity contribution is -0.272. The van der Waals surface area contributed by atoms with Crippen molar-refractivity contribution in [2.24, 2.45) is 7.05 Å². The number of rotatable bonds is 3. The van der Waals surface area contributed by atoms with Gasteiger partial charge in [-0.25, -0.2) is 4.98 Å². The Morgan fingerprint density at radius 2 is 2.08 bits per heavy atom. The summed E-state index contributed by atoms with van der Waals surface area (Å²) in [4.78, 5) is 17.6. The van der Waals surface area contributed by atoms with Crippen molar-refractivity contribution < 1.29 is 23.1 Å². The van der Waals surface area contributed by atoms with Gasteiger partial charge in [0.15, 0.2) is 5.82 Å². The van der Waals surface area contributed by atoms with Crippen LogP contribution in [0.25, 0.3) is 0 Å². The average molecular weight is 356 g/mol. The number of imidazole rings is 1. The van der Waals surface area contributed by atoms with Gasteiger partial charge in [-0.3, -0.25) is 4.79 Å². The summed E-state index contributed by atoms with van der Waals surface area (Å²) >= 11 is 0. The molecule has 0 unspecified atom stereocenters. The molecule has 1 aliphatic heterocycles. The molecule has 0 fully saturated rings. The summed E-state index contributed by atoms with van der Waals surface area (Å²) in [6.07, 6.45) is -1.80. The van der Waals surface area contributed by atoms with E-state index in [0.717, 1.165) is 16.5 Å². The highest BCUT2D eigenvalue weighted by molar-refractivity contribution is 5.78. The second kappa shape index (κ2) is 5.91. The van der Waals surface area contributed by atoms with E-state index in [4.69, 9.17) is 0 Å². The van der Waals surface area contributed by atoms with E-state index in [0.29, 0.717) is 6.54 Å². The van der Waals surface area contributed by atoms with Crippen molar-refractivity contribution in [3.8, 4) is 0 Å². The average Bonchev–Trinajstić information content (AvgIpc) is 3.15. The minimum Gasteiger partial charge on any atom is -0.374 e. The molecule has 0 saturated heterocycles. The second-order valence-corrected chi connectivity index (χ2v) is 6.29. The highest BCUT2D eigenvalue weighted by atomic mass is 19.4. The van der Waals surface area contributed by atoms with E-state index in [1.54, 1.807) is 6.92 Å². The van der Waals surface area contributed by atoms with Crippen LogP contribution in [-0.2, 0) is 24.0 Å². The molecule has 2 aromatic rings. The molecule has 0 aliphatic carbocycles. The summed E-state index contributed by atoms with van der Waals surface area (Å²) in [5, 5.41) is 10.4. The largest absolute Gasteiger partial charge is 0.425 e. The van der Waals surface area contributed by atoms with E-state index in [1.807, 2.05) is 22.9 Å². The van der Waals surface area contributed by atoms with Gasteiger partial charge in [-0.05, 0) is 19.1 Å². The Labute approximate surface area is 142 Å². The van der Waals surface area contributed by atoms with Gasteiger partial charge in [0.2, 0.25) is 11.5 Å². The number of carbonyl (C=O) groups excluding carboxylic acids is 1. The number of aliphatic hydroxyl groups is 1. The maximum Gasteiger partial charge on any atom is 0.425 e. The molecule has 0 bridgehead atoms. The van der Waals surface area contributed by atoms with Crippen LogP contribution in [-0.4, -0.2) is 42.8 Å². The van der Waals surface area contributed by atoms with Gasteiger partial charge in [0.25, 0.3) is 0 Å². The lowest BCUT2D eigenvalue weighted by atomic mass is 9.96. The molecule has 0 saturated carbocycles. The second-order valence-electron chi connectivity index (χ2n) is 6.29. The molecule has 1 amide bonds. The summed E-state index contributed by atoms with van der Waals surface area (Å²) in [6, 6.07) is 3.30. The van der Waals surface area contributed by atoms with Crippen LogP contribution in [0, 0.1) is 0 Å². The van der Waals surface area contributed by atoms with Crippen LogP contribution in [0.4, 0.5) is 13.2 Å². The first kappa shape index (κ1) is 17.5. The molecule has 0 aromatic carbocycles. The normalized spacial score (nSPS) is 20.2. The fourth-order valence-electron chi connectivity index (χ4n) is 3.31. The molecule has 2 atom stereocenters. The Balaban J connectivity index is 1.89. The highest BCUT2D eigenvalue weighted by Crippen LogP contribution is 2.41. The smallest absolute Gasteiger partial charge is 0.374 e. The summed E-state index contributed by atoms with van der Waals surface area (Å²) in [6.45, 7) is 2.55. The molecule has 25 heavy (non-hydrogen) atoms. The van der Waals surface area contributed by atoms with Crippen molar-refractivity contribution in [2.45, 2.75) is 37.7 Å². The Bertz CT molecular complexity index is 782. The maximum atomic E-state index is 13.6. The number of alkyl halides is 3. The predicted molar refractivity (Wildman–Crippen MR) is 82.3 cm³/mol. The predicted octanol–water partition coefficient (Wildman–Crippen LogP) is 1.96. The van der Waals surface area contributed by atoms with Gasteiger partial charge >= 0.3 is 6.18 Å². The monoisotopic (exact) mass is 356 g/mol. The van der Waals surface area contributed by atoms with Crippen LogP contribution in [0.5, 0.6) is 0 Å². The zero-order valence-electron chi connectivity index (χ0n) is 13.9. The highest BCUT2D eigenvalue weighted by Gasteiger charge is 2.59. The molecule has 0 spiro atoms. The Hall–Kier alpha value is -2.29. The van der Waals surface area contributed by atoms with Gasteiger partial charge < -0.3 is 19.1 Å². The van der Waals surface area contributed by atoms with E-state index in [-0.39, 0.29) is 12.6 Å². The number of carbonyl (C=O) groups is 1. The minimum atomic E-state index is -5.03. The number of fused-ring (bicyclic) bond motifs is 1. The number of aromatic nitrogens is 3. The van der Waals surface area contributed by atoms with Crippen LogP contribution in [0.1, 0.15) is 30.9 Å². The van der Waals surface area contributed by atoms with Crippen LogP contribution < -0.4 is 0 Å². The molecule has 3 heterocycles. The van der Waals surface area contributed by atoms with Gasteiger partial charge in [0.05, 0.1) is 12.5 Å². The van der Waals surface area contributed by atoms with Crippen molar-refractivity contribution in [3.63, 3.8) is 0 Å². The number of halogens is 3. The lowest BCUT2D eigenvalue weighted by Gasteiger charge is -2.37. The number of amides is 1. The molecular weight excluding hydrogens is 337 g/mol.